The molecule has 0 bridgehead atoms. The molecule has 1 aliphatic heterocycles. The Labute approximate surface area is 150 Å². The standard InChI is InChI=1S/C20H17NO5/c1-2-24-18(22)13-25-16-10-8-14(9-11-16)12-17-20(23)26-19(21-17)15-6-4-3-5-7-15/h3-12H,2,13H2,1H3/b17-12-. The van der Waals surface area contributed by atoms with Crippen LogP contribution in [-0.2, 0) is 19.1 Å². The van der Waals surface area contributed by atoms with Crippen molar-refractivity contribution in [3.8, 4) is 5.75 Å². The fourth-order valence-electron chi connectivity index (χ4n) is 2.28. The third kappa shape index (κ3) is 4.36. The zero-order chi connectivity index (χ0) is 18.4. The minimum atomic E-state index is -0.494. The van der Waals surface area contributed by atoms with E-state index in [1.165, 1.54) is 0 Å². The van der Waals surface area contributed by atoms with Crippen LogP contribution >= 0.6 is 0 Å². The van der Waals surface area contributed by atoms with Crippen molar-refractivity contribution >= 4 is 23.9 Å². The van der Waals surface area contributed by atoms with Crippen LogP contribution in [0.5, 0.6) is 5.75 Å². The van der Waals surface area contributed by atoms with Gasteiger partial charge in [0.2, 0.25) is 5.90 Å². The van der Waals surface area contributed by atoms with Gasteiger partial charge in [-0.1, -0.05) is 30.3 Å². The second-order valence-electron chi connectivity index (χ2n) is 5.36. The van der Waals surface area contributed by atoms with E-state index >= 15 is 0 Å². The molecule has 0 aliphatic carbocycles. The Hall–Kier alpha value is -3.41. The second-order valence-corrected chi connectivity index (χ2v) is 5.36. The van der Waals surface area contributed by atoms with Gasteiger partial charge in [0.15, 0.2) is 12.3 Å². The number of hydrogen-bond donors (Lipinski definition) is 0. The van der Waals surface area contributed by atoms with E-state index in [1.807, 2.05) is 30.3 Å². The summed E-state index contributed by atoms with van der Waals surface area (Å²) in [6.07, 6.45) is 1.63. The fourth-order valence-corrected chi connectivity index (χ4v) is 2.28. The summed E-state index contributed by atoms with van der Waals surface area (Å²) in [6.45, 7) is 1.90. The summed E-state index contributed by atoms with van der Waals surface area (Å²) in [6, 6.07) is 16.2. The molecule has 0 unspecified atom stereocenters. The maximum Gasteiger partial charge on any atom is 0.363 e. The monoisotopic (exact) mass is 351 g/mol. The molecule has 0 N–H and O–H groups in total. The molecule has 2 aromatic carbocycles. The van der Waals surface area contributed by atoms with Gasteiger partial charge in [0, 0.05) is 5.56 Å². The van der Waals surface area contributed by atoms with Gasteiger partial charge < -0.3 is 14.2 Å². The summed E-state index contributed by atoms with van der Waals surface area (Å²) in [5.74, 6) is -0.0967. The van der Waals surface area contributed by atoms with E-state index in [9.17, 15) is 9.59 Å². The summed E-state index contributed by atoms with van der Waals surface area (Å²) in [7, 11) is 0. The summed E-state index contributed by atoms with van der Waals surface area (Å²) < 4.78 is 15.3. The largest absolute Gasteiger partial charge is 0.482 e. The predicted molar refractivity (Wildman–Crippen MR) is 95.6 cm³/mol. The molecule has 1 heterocycles. The van der Waals surface area contributed by atoms with Crippen LogP contribution in [0.3, 0.4) is 0 Å². The first-order valence-electron chi connectivity index (χ1n) is 8.12. The molecule has 0 aromatic heterocycles. The number of carbonyl (C=O) groups excluding carboxylic acids is 2. The Kier molecular flexibility index (Phi) is 5.43. The smallest absolute Gasteiger partial charge is 0.363 e. The minimum absolute atomic E-state index is 0.147. The molecule has 6 nitrogen and oxygen atoms in total. The number of nitrogens with zero attached hydrogens (tertiary/aromatic N) is 1. The zero-order valence-corrected chi connectivity index (χ0v) is 14.2. The summed E-state index contributed by atoms with van der Waals surface area (Å²) in [5, 5.41) is 0. The molecular formula is C20H17NO5. The van der Waals surface area contributed by atoms with E-state index in [0.29, 0.717) is 12.4 Å². The molecule has 2 aromatic rings. The lowest BCUT2D eigenvalue weighted by atomic mass is 10.2. The fraction of sp³-hybridized carbons (Fsp3) is 0.150. The zero-order valence-electron chi connectivity index (χ0n) is 14.2. The summed E-state index contributed by atoms with van der Waals surface area (Å²) in [4.78, 5) is 27.5. The lowest BCUT2D eigenvalue weighted by Crippen LogP contribution is -2.14. The lowest BCUT2D eigenvalue weighted by molar-refractivity contribution is -0.145. The van der Waals surface area contributed by atoms with Crippen LogP contribution in [0.2, 0.25) is 0 Å². The van der Waals surface area contributed by atoms with Crippen molar-refractivity contribution in [2.24, 2.45) is 4.99 Å². The van der Waals surface area contributed by atoms with Gasteiger partial charge in [-0.05, 0) is 42.8 Å². The van der Waals surface area contributed by atoms with Gasteiger partial charge >= 0.3 is 11.9 Å². The number of hydrogen-bond acceptors (Lipinski definition) is 6. The maximum absolute atomic E-state index is 12.0. The highest BCUT2D eigenvalue weighted by Gasteiger charge is 2.23. The van der Waals surface area contributed by atoms with Gasteiger partial charge in [-0.2, -0.15) is 0 Å². The van der Waals surface area contributed by atoms with E-state index in [2.05, 4.69) is 4.99 Å². The maximum atomic E-state index is 12.0. The van der Waals surface area contributed by atoms with E-state index in [-0.39, 0.29) is 18.2 Å². The Morgan fingerprint density at radius 1 is 1.12 bits per heavy atom. The first-order valence-corrected chi connectivity index (χ1v) is 8.12. The van der Waals surface area contributed by atoms with Gasteiger partial charge in [-0.3, -0.25) is 0 Å². The predicted octanol–water partition coefficient (Wildman–Crippen LogP) is 2.97. The minimum Gasteiger partial charge on any atom is -0.482 e. The molecule has 0 amide bonds. The summed E-state index contributed by atoms with van der Waals surface area (Å²) in [5.41, 5.74) is 1.73. The van der Waals surface area contributed by atoms with Gasteiger partial charge in [0.05, 0.1) is 6.61 Å². The Balaban J connectivity index is 1.69. The van der Waals surface area contributed by atoms with E-state index < -0.39 is 11.9 Å². The summed E-state index contributed by atoms with van der Waals surface area (Å²) >= 11 is 0. The average molecular weight is 351 g/mol. The average Bonchev–Trinajstić information content (AvgIpc) is 3.03. The molecule has 0 fully saturated rings. The SMILES string of the molecule is CCOC(=O)COc1ccc(/C=C2\N=C(c3ccccc3)OC2=O)cc1. The molecule has 132 valence electrons. The Morgan fingerprint density at radius 2 is 1.85 bits per heavy atom. The highest BCUT2D eigenvalue weighted by atomic mass is 16.6. The molecule has 3 rings (SSSR count). The van der Waals surface area contributed by atoms with E-state index in [1.54, 1.807) is 37.3 Å². The van der Waals surface area contributed by atoms with Gasteiger partial charge in [-0.25, -0.2) is 14.6 Å². The number of rotatable bonds is 6. The Bertz CT molecular complexity index is 854. The first-order chi connectivity index (χ1) is 12.7. The van der Waals surface area contributed by atoms with Gasteiger partial charge in [0.25, 0.3) is 0 Å². The molecule has 0 spiro atoms. The van der Waals surface area contributed by atoms with Crippen LogP contribution in [0.25, 0.3) is 6.08 Å². The van der Waals surface area contributed by atoms with Crippen LogP contribution in [0.1, 0.15) is 18.1 Å². The first kappa shape index (κ1) is 17.4. The number of benzene rings is 2. The molecule has 0 saturated heterocycles. The van der Waals surface area contributed by atoms with Gasteiger partial charge in [-0.15, -0.1) is 0 Å². The number of aliphatic imine (C=N–C) groups is 1. The molecule has 0 atom stereocenters. The van der Waals surface area contributed by atoms with Crippen molar-refractivity contribution in [3.05, 3.63) is 71.4 Å². The van der Waals surface area contributed by atoms with E-state index in [4.69, 9.17) is 14.2 Å². The molecule has 26 heavy (non-hydrogen) atoms. The van der Waals surface area contributed by atoms with Crippen LogP contribution in [0.15, 0.2) is 65.3 Å². The molecule has 0 radical (unpaired) electrons. The second kappa shape index (κ2) is 8.11. The van der Waals surface area contributed by atoms with Crippen molar-refractivity contribution in [2.45, 2.75) is 6.92 Å². The third-order valence-corrected chi connectivity index (χ3v) is 3.49. The van der Waals surface area contributed by atoms with Gasteiger partial charge in [0.1, 0.15) is 5.75 Å². The highest BCUT2D eigenvalue weighted by molar-refractivity contribution is 6.12. The highest BCUT2D eigenvalue weighted by Crippen LogP contribution is 2.20. The molecule has 1 aliphatic rings. The number of cyclic esters (lactones) is 1. The number of ether oxygens (including phenoxy) is 3. The van der Waals surface area contributed by atoms with Crippen molar-refractivity contribution in [1.82, 2.24) is 0 Å². The molecule has 6 heteroatoms. The van der Waals surface area contributed by atoms with Crippen molar-refractivity contribution in [3.63, 3.8) is 0 Å². The molecule has 0 saturated carbocycles. The third-order valence-electron chi connectivity index (χ3n) is 3.49. The van der Waals surface area contributed by atoms with Crippen molar-refractivity contribution in [2.75, 3.05) is 13.2 Å². The number of carbonyl (C=O) groups is 2. The van der Waals surface area contributed by atoms with Crippen LogP contribution < -0.4 is 4.74 Å². The quantitative estimate of drug-likeness (QED) is 0.591. The van der Waals surface area contributed by atoms with E-state index in [0.717, 1.165) is 11.1 Å². The lowest BCUT2D eigenvalue weighted by Gasteiger charge is -2.05. The van der Waals surface area contributed by atoms with Crippen molar-refractivity contribution in [1.29, 1.82) is 0 Å². The van der Waals surface area contributed by atoms with Crippen LogP contribution in [0.4, 0.5) is 0 Å². The number of esters is 2. The Morgan fingerprint density at radius 3 is 2.54 bits per heavy atom. The normalized spacial score (nSPS) is 14.7. The van der Waals surface area contributed by atoms with Crippen molar-refractivity contribution < 1.29 is 23.8 Å². The topological polar surface area (TPSA) is 74.2 Å². The van der Waals surface area contributed by atoms with Crippen LogP contribution in [-0.4, -0.2) is 31.1 Å². The van der Waals surface area contributed by atoms with Crippen LogP contribution in [0, 0.1) is 0 Å². The molecular weight excluding hydrogens is 334 g/mol.